The molecule has 0 spiro atoms. The number of hydrogen-bond acceptors (Lipinski definition) is 3. The maximum Gasteiger partial charge on any atom is 0.272 e. The Balaban J connectivity index is 1.56. The zero-order valence-corrected chi connectivity index (χ0v) is 14.3. The van der Waals surface area contributed by atoms with Gasteiger partial charge in [-0.15, -0.1) is 0 Å². The molecule has 6 heteroatoms. The molecule has 1 saturated heterocycles. The molecule has 2 atom stereocenters. The molecule has 130 valence electrons. The molecule has 4 rings (SSSR count). The number of amides is 2. The Labute approximate surface area is 146 Å². The van der Waals surface area contributed by atoms with Crippen LogP contribution in [0.15, 0.2) is 36.5 Å². The molecule has 1 saturated carbocycles. The number of fused-ring (bicyclic) bond motifs is 1. The molecule has 1 aliphatic heterocycles. The summed E-state index contributed by atoms with van der Waals surface area (Å²) in [6.07, 6.45) is 6.03. The Kier molecular flexibility index (Phi) is 3.82. The van der Waals surface area contributed by atoms with Gasteiger partial charge >= 0.3 is 0 Å². The van der Waals surface area contributed by atoms with Gasteiger partial charge in [-0.3, -0.25) is 9.59 Å². The molecule has 1 aromatic carbocycles. The van der Waals surface area contributed by atoms with Gasteiger partial charge in [-0.2, -0.15) is 5.10 Å². The van der Waals surface area contributed by atoms with Crippen molar-refractivity contribution in [1.82, 2.24) is 20.4 Å². The standard InChI is InChI=1S/C19H22N4O2/c1-13-6-2-3-7-15(13)23-11-9-14(22-23)18(25)21-19-10-5-4-8-16(19)20-17(24)12-19/h2-3,6-7,9,11,16H,4-5,8,10,12H2,1H3,(H,20,24)(H,21,25)/t16-,19+/m0/s1. The summed E-state index contributed by atoms with van der Waals surface area (Å²) in [6.45, 7) is 2.01. The second kappa shape index (κ2) is 6.02. The number of rotatable bonds is 3. The second-order valence-electron chi connectivity index (χ2n) is 7.08. The van der Waals surface area contributed by atoms with Crippen LogP contribution in [0.25, 0.3) is 5.69 Å². The number of nitrogens with zero attached hydrogens (tertiary/aromatic N) is 2. The molecule has 6 nitrogen and oxygen atoms in total. The molecular formula is C19H22N4O2. The lowest BCUT2D eigenvalue weighted by atomic mass is 9.78. The third-order valence-corrected chi connectivity index (χ3v) is 5.39. The number of aromatic nitrogens is 2. The molecule has 25 heavy (non-hydrogen) atoms. The molecule has 2 aliphatic rings. The van der Waals surface area contributed by atoms with Gasteiger partial charge in [0.25, 0.3) is 5.91 Å². The van der Waals surface area contributed by atoms with Crippen LogP contribution in [0.5, 0.6) is 0 Å². The summed E-state index contributed by atoms with van der Waals surface area (Å²) in [6, 6.07) is 9.67. The van der Waals surface area contributed by atoms with Crippen molar-refractivity contribution in [3.05, 3.63) is 47.8 Å². The monoisotopic (exact) mass is 338 g/mol. The number of benzene rings is 1. The van der Waals surface area contributed by atoms with E-state index in [1.165, 1.54) is 0 Å². The first-order chi connectivity index (χ1) is 12.1. The largest absolute Gasteiger partial charge is 0.351 e. The summed E-state index contributed by atoms with van der Waals surface area (Å²) in [4.78, 5) is 24.6. The zero-order chi connectivity index (χ0) is 17.4. The fourth-order valence-corrected chi connectivity index (χ4v) is 4.08. The van der Waals surface area contributed by atoms with E-state index in [4.69, 9.17) is 0 Å². The van der Waals surface area contributed by atoms with Crippen molar-refractivity contribution in [1.29, 1.82) is 0 Å². The smallest absolute Gasteiger partial charge is 0.272 e. The Morgan fingerprint density at radius 3 is 3.00 bits per heavy atom. The summed E-state index contributed by atoms with van der Waals surface area (Å²) in [5.41, 5.74) is 1.96. The van der Waals surface area contributed by atoms with Crippen LogP contribution < -0.4 is 10.6 Å². The number of para-hydroxylation sites is 1. The second-order valence-corrected chi connectivity index (χ2v) is 7.08. The molecule has 0 unspecified atom stereocenters. The van der Waals surface area contributed by atoms with Gasteiger partial charge in [0.2, 0.25) is 5.91 Å². The van der Waals surface area contributed by atoms with Crippen LogP contribution in [0.3, 0.4) is 0 Å². The van der Waals surface area contributed by atoms with Gasteiger partial charge in [0.15, 0.2) is 5.69 Å². The number of nitrogens with one attached hydrogen (secondary N) is 2. The van der Waals surface area contributed by atoms with E-state index in [9.17, 15) is 9.59 Å². The molecular weight excluding hydrogens is 316 g/mol. The summed E-state index contributed by atoms with van der Waals surface area (Å²) in [5.74, 6) is -0.187. The van der Waals surface area contributed by atoms with Gasteiger partial charge in [0, 0.05) is 6.20 Å². The number of carbonyl (C=O) groups is 2. The van der Waals surface area contributed by atoms with Crippen LogP contribution in [0, 0.1) is 6.92 Å². The predicted molar refractivity (Wildman–Crippen MR) is 93.5 cm³/mol. The van der Waals surface area contributed by atoms with Crippen LogP contribution in [0.2, 0.25) is 0 Å². The maximum absolute atomic E-state index is 12.8. The molecule has 0 bridgehead atoms. The molecule has 2 aromatic rings. The Bertz CT molecular complexity index is 828. The fourth-order valence-electron chi connectivity index (χ4n) is 4.08. The van der Waals surface area contributed by atoms with E-state index in [2.05, 4.69) is 15.7 Å². The summed E-state index contributed by atoms with van der Waals surface area (Å²) >= 11 is 0. The highest BCUT2D eigenvalue weighted by Crippen LogP contribution is 2.35. The van der Waals surface area contributed by atoms with Crippen molar-refractivity contribution in [2.24, 2.45) is 0 Å². The van der Waals surface area contributed by atoms with Gasteiger partial charge in [-0.05, 0) is 37.5 Å². The minimum absolute atomic E-state index is 0.0256. The SMILES string of the molecule is Cc1ccccc1-n1ccc(C(=O)N[C@@]23CCCC[C@@H]2NC(=O)C3)n1. The van der Waals surface area contributed by atoms with Crippen molar-refractivity contribution in [3.8, 4) is 5.69 Å². The first-order valence-electron chi connectivity index (χ1n) is 8.81. The van der Waals surface area contributed by atoms with E-state index in [1.54, 1.807) is 16.9 Å². The lowest BCUT2D eigenvalue weighted by molar-refractivity contribution is -0.119. The quantitative estimate of drug-likeness (QED) is 0.900. The van der Waals surface area contributed by atoms with Gasteiger partial charge in [-0.1, -0.05) is 31.0 Å². The number of hydrogen-bond donors (Lipinski definition) is 2. The molecule has 2 N–H and O–H groups in total. The summed E-state index contributed by atoms with van der Waals surface area (Å²) in [7, 11) is 0. The molecule has 2 fully saturated rings. The Morgan fingerprint density at radius 1 is 1.32 bits per heavy atom. The van der Waals surface area contributed by atoms with E-state index < -0.39 is 5.54 Å². The van der Waals surface area contributed by atoms with Gasteiger partial charge in [0.05, 0.1) is 23.7 Å². The highest BCUT2D eigenvalue weighted by Gasteiger charge is 2.49. The van der Waals surface area contributed by atoms with E-state index >= 15 is 0 Å². The van der Waals surface area contributed by atoms with E-state index in [0.29, 0.717) is 12.1 Å². The summed E-state index contributed by atoms with van der Waals surface area (Å²) < 4.78 is 1.72. The van der Waals surface area contributed by atoms with E-state index in [-0.39, 0.29) is 17.9 Å². The first-order valence-corrected chi connectivity index (χ1v) is 8.81. The minimum atomic E-state index is -0.459. The topological polar surface area (TPSA) is 76.0 Å². The maximum atomic E-state index is 12.8. The average molecular weight is 338 g/mol. The molecule has 2 heterocycles. The molecule has 0 radical (unpaired) electrons. The normalized spacial score (nSPS) is 25.3. The van der Waals surface area contributed by atoms with Crippen molar-refractivity contribution in [2.75, 3.05) is 0 Å². The summed E-state index contributed by atoms with van der Waals surface area (Å²) in [5, 5.41) is 10.6. The highest BCUT2D eigenvalue weighted by atomic mass is 16.2. The lowest BCUT2D eigenvalue weighted by Gasteiger charge is -2.38. The van der Waals surface area contributed by atoms with Crippen molar-refractivity contribution in [3.63, 3.8) is 0 Å². The molecule has 1 aliphatic carbocycles. The predicted octanol–water partition coefficient (Wildman–Crippen LogP) is 2.11. The van der Waals surface area contributed by atoms with Gasteiger partial charge in [-0.25, -0.2) is 4.68 Å². The van der Waals surface area contributed by atoms with Gasteiger partial charge < -0.3 is 10.6 Å². The van der Waals surface area contributed by atoms with Crippen LogP contribution in [0.1, 0.15) is 48.2 Å². The van der Waals surface area contributed by atoms with Gasteiger partial charge in [0.1, 0.15) is 0 Å². The van der Waals surface area contributed by atoms with Crippen molar-refractivity contribution >= 4 is 11.8 Å². The molecule has 1 aromatic heterocycles. The average Bonchev–Trinajstić information content (AvgIpc) is 3.19. The van der Waals surface area contributed by atoms with E-state index in [1.807, 2.05) is 31.2 Å². The fraction of sp³-hybridized carbons (Fsp3) is 0.421. The van der Waals surface area contributed by atoms with Crippen LogP contribution >= 0.6 is 0 Å². The van der Waals surface area contributed by atoms with Crippen molar-refractivity contribution < 1.29 is 9.59 Å². The zero-order valence-electron chi connectivity index (χ0n) is 14.3. The number of aryl methyl sites for hydroxylation is 1. The van der Waals surface area contributed by atoms with Crippen LogP contribution in [0.4, 0.5) is 0 Å². The van der Waals surface area contributed by atoms with Crippen molar-refractivity contribution in [2.45, 2.75) is 50.6 Å². The number of carbonyl (C=O) groups excluding carboxylic acids is 2. The Hall–Kier alpha value is -2.63. The third kappa shape index (κ3) is 2.81. The minimum Gasteiger partial charge on any atom is -0.351 e. The lowest BCUT2D eigenvalue weighted by Crippen LogP contribution is -2.57. The van der Waals surface area contributed by atoms with Crippen LogP contribution in [-0.2, 0) is 4.79 Å². The van der Waals surface area contributed by atoms with Crippen LogP contribution in [-0.4, -0.2) is 33.2 Å². The van der Waals surface area contributed by atoms with E-state index in [0.717, 1.165) is 36.9 Å². The molecule has 2 amide bonds. The highest BCUT2D eigenvalue weighted by molar-refractivity contribution is 5.94. The first kappa shape index (κ1) is 15.9. The Morgan fingerprint density at radius 2 is 2.16 bits per heavy atom. The third-order valence-electron chi connectivity index (χ3n) is 5.39.